The fourth-order valence-corrected chi connectivity index (χ4v) is 4.92. The molecule has 0 aliphatic heterocycles. The first-order valence-corrected chi connectivity index (χ1v) is 13.9. The second-order valence-electron chi connectivity index (χ2n) is 11.2. The zero-order valence-electron chi connectivity index (χ0n) is 23.8. The number of ether oxygens (including phenoxy) is 1. The first kappa shape index (κ1) is 30.9. The van der Waals surface area contributed by atoms with Crippen LogP contribution in [0.3, 0.4) is 0 Å². The Morgan fingerprint density at radius 2 is 1.70 bits per heavy atom. The maximum atomic E-state index is 14.3. The lowest BCUT2D eigenvalue weighted by molar-refractivity contribution is -0.146. The summed E-state index contributed by atoms with van der Waals surface area (Å²) in [5.41, 5.74) is 7.31. The molecule has 40 heavy (non-hydrogen) atoms. The van der Waals surface area contributed by atoms with Crippen molar-refractivity contribution in [3.63, 3.8) is 0 Å². The van der Waals surface area contributed by atoms with Crippen molar-refractivity contribution in [3.05, 3.63) is 64.2 Å². The number of rotatable bonds is 10. The van der Waals surface area contributed by atoms with Crippen molar-refractivity contribution in [2.24, 2.45) is 5.73 Å². The molecule has 0 heterocycles. The van der Waals surface area contributed by atoms with Crippen LogP contribution >= 0.6 is 11.6 Å². The van der Waals surface area contributed by atoms with Crippen molar-refractivity contribution in [1.82, 2.24) is 10.2 Å². The van der Waals surface area contributed by atoms with Gasteiger partial charge < -0.3 is 26.0 Å². The van der Waals surface area contributed by atoms with Gasteiger partial charge in [-0.3, -0.25) is 14.4 Å². The van der Waals surface area contributed by atoms with E-state index in [1.807, 2.05) is 44.2 Å². The number of nitrogens with two attached hydrogens (primary N) is 1. The first-order chi connectivity index (χ1) is 18.8. The van der Waals surface area contributed by atoms with Crippen molar-refractivity contribution >= 4 is 41.1 Å². The average Bonchev–Trinajstić information content (AvgIpc) is 2.82. The maximum absolute atomic E-state index is 14.3. The third-order valence-corrected chi connectivity index (χ3v) is 7.19. The summed E-state index contributed by atoms with van der Waals surface area (Å²) in [7, 11) is 0. The third-order valence-electron chi connectivity index (χ3n) is 6.87. The van der Waals surface area contributed by atoms with Crippen LogP contribution in [0.15, 0.2) is 42.5 Å². The molecule has 2 unspecified atom stereocenters. The number of anilines is 1. The fourth-order valence-electron chi connectivity index (χ4n) is 4.65. The van der Waals surface area contributed by atoms with Crippen molar-refractivity contribution < 1.29 is 23.9 Å². The largest absolute Gasteiger partial charge is 0.444 e. The minimum Gasteiger partial charge on any atom is -0.444 e. The summed E-state index contributed by atoms with van der Waals surface area (Å²) in [6, 6.07) is 10.3. The Bertz CT molecular complexity index is 1230. The number of carbonyl (C=O) groups is 4. The molecule has 0 saturated heterocycles. The molecule has 1 fully saturated rings. The second kappa shape index (κ2) is 13.2. The number of alkyl carbamates (subject to hydrolysis) is 1. The van der Waals surface area contributed by atoms with E-state index in [-0.39, 0.29) is 18.9 Å². The highest BCUT2D eigenvalue weighted by molar-refractivity contribution is 6.34. The van der Waals surface area contributed by atoms with Gasteiger partial charge in [0.2, 0.25) is 11.8 Å². The number of para-hydroxylation sites is 1. The van der Waals surface area contributed by atoms with Crippen LogP contribution in [0.4, 0.5) is 10.5 Å². The molecule has 10 heteroatoms. The van der Waals surface area contributed by atoms with E-state index < -0.39 is 41.5 Å². The van der Waals surface area contributed by atoms with Crippen LogP contribution in [0.5, 0.6) is 0 Å². The molecule has 1 saturated carbocycles. The number of nitrogens with one attached hydrogen (secondary N) is 2. The van der Waals surface area contributed by atoms with Gasteiger partial charge in [-0.2, -0.15) is 0 Å². The predicted octanol–water partition coefficient (Wildman–Crippen LogP) is 5.18. The van der Waals surface area contributed by atoms with Crippen molar-refractivity contribution in [3.8, 4) is 0 Å². The van der Waals surface area contributed by atoms with Gasteiger partial charge in [-0.1, -0.05) is 48.0 Å². The molecule has 2 aromatic carbocycles. The number of nitrogens with zero attached hydrogens (tertiary/aromatic N) is 1. The van der Waals surface area contributed by atoms with E-state index in [0.29, 0.717) is 29.1 Å². The van der Waals surface area contributed by atoms with Gasteiger partial charge >= 0.3 is 6.09 Å². The number of benzene rings is 2. The van der Waals surface area contributed by atoms with Crippen molar-refractivity contribution in [2.45, 2.75) is 90.4 Å². The van der Waals surface area contributed by atoms with Gasteiger partial charge in [0.05, 0.1) is 10.7 Å². The van der Waals surface area contributed by atoms with E-state index in [1.54, 1.807) is 37.8 Å². The second-order valence-corrected chi connectivity index (χ2v) is 11.6. The van der Waals surface area contributed by atoms with Crippen molar-refractivity contribution in [1.29, 1.82) is 0 Å². The van der Waals surface area contributed by atoms with E-state index in [4.69, 9.17) is 22.1 Å². The van der Waals surface area contributed by atoms with Gasteiger partial charge in [-0.25, -0.2) is 4.79 Å². The molecule has 1 aliphatic rings. The Hall–Kier alpha value is -3.59. The van der Waals surface area contributed by atoms with Crippen LogP contribution in [0.1, 0.15) is 75.6 Å². The third kappa shape index (κ3) is 7.97. The number of hydrogen-bond donors (Lipinski definition) is 3. The van der Waals surface area contributed by atoms with Gasteiger partial charge in [0.25, 0.3) is 5.91 Å². The lowest BCUT2D eigenvalue weighted by Crippen LogP contribution is -2.57. The Morgan fingerprint density at radius 3 is 2.25 bits per heavy atom. The van der Waals surface area contributed by atoms with Crippen LogP contribution in [0.2, 0.25) is 5.02 Å². The first-order valence-electron chi connectivity index (χ1n) is 13.5. The van der Waals surface area contributed by atoms with E-state index in [1.165, 1.54) is 0 Å². The topological polar surface area (TPSA) is 131 Å². The Labute approximate surface area is 240 Å². The number of aryl methyl sites for hydroxylation is 2. The van der Waals surface area contributed by atoms with Crippen LogP contribution < -0.4 is 16.4 Å². The molecule has 9 nitrogen and oxygen atoms in total. The predicted molar refractivity (Wildman–Crippen MR) is 155 cm³/mol. The van der Waals surface area contributed by atoms with E-state index >= 15 is 0 Å². The maximum Gasteiger partial charge on any atom is 0.408 e. The molecule has 0 aromatic heterocycles. The van der Waals surface area contributed by atoms with E-state index in [0.717, 1.165) is 17.5 Å². The number of hydrogen-bond acceptors (Lipinski definition) is 5. The SMILES string of the molecule is Cc1ccccc1C(C(=O)Nc1c(C)cccc1Cl)N(C(=O)C(CCC(N)=O)NC(=O)OC(C)(C)C)C1CCC1. The molecule has 3 rings (SSSR count). The lowest BCUT2D eigenvalue weighted by atomic mass is 9.87. The van der Waals surface area contributed by atoms with Gasteiger partial charge in [0, 0.05) is 12.5 Å². The molecular formula is C30H39ClN4O5. The van der Waals surface area contributed by atoms with Gasteiger partial charge in [0.15, 0.2) is 0 Å². The zero-order valence-corrected chi connectivity index (χ0v) is 24.5. The van der Waals surface area contributed by atoms with Crippen LogP contribution in [-0.2, 0) is 19.1 Å². The Balaban J connectivity index is 2.06. The summed E-state index contributed by atoms with van der Waals surface area (Å²) in [4.78, 5) is 54.4. The van der Waals surface area contributed by atoms with Crippen LogP contribution in [-0.4, -0.2) is 46.4 Å². The molecule has 4 amide bonds. The summed E-state index contributed by atoms with van der Waals surface area (Å²) in [6.07, 6.45) is 1.31. The molecule has 0 spiro atoms. The monoisotopic (exact) mass is 570 g/mol. The summed E-state index contributed by atoms with van der Waals surface area (Å²) in [5, 5.41) is 5.96. The van der Waals surface area contributed by atoms with Gasteiger partial charge in [-0.05, 0) is 83.1 Å². The molecule has 4 N–H and O–H groups in total. The highest BCUT2D eigenvalue weighted by atomic mass is 35.5. The summed E-state index contributed by atoms with van der Waals surface area (Å²) in [5.74, 6) is -1.53. The standard InChI is InChI=1S/C30H39ClN4O5/c1-18-10-6-7-14-21(18)26(27(37)34-25-19(2)11-8-15-22(25)31)35(20-12-9-13-20)28(38)23(16-17-24(32)36)33-29(39)40-30(3,4)5/h6-8,10-11,14-15,20,23,26H,9,12-13,16-17H2,1-5H3,(H2,32,36)(H,33,39)(H,34,37). The zero-order chi connectivity index (χ0) is 29.6. The van der Waals surface area contributed by atoms with E-state index in [9.17, 15) is 19.2 Å². The Morgan fingerprint density at radius 1 is 1.05 bits per heavy atom. The average molecular weight is 571 g/mol. The number of amides is 4. The minimum absolute atomic E-state index is 0.0393. The quantitative estimate of drug-likeness (QED) is 0.362. The van der Waals surface area contributed by atoms with Crippen molar-refractivity contribution in [2.75, 3.05) is 5.32 Å². The Kier molecular flexibility index (Phi) is 10.2. The number of halogens is 1. The summed E-state index contributed by atoms with van der Waals surface area (Å²) in [6.45, 7) is 8.85. The van der Waals surface area contributed by atoms with E-state index in [2.05, 4.69) is 10.6 Å². The smallest absolute Gasteiger partial charge is 0.408 e. The molecule has 0 radical (unpaired) electrons. The van der Waals surface area contributed by atoms with Gasteiger partial charge in [0.1, 0.15) is 17.7 Å². The highest BCUT2D eigenvalue weighted by Crippen LogP contribution is 2.36. The van der Waals surface area contributed by atoms with Crippen LogP contribution in [0, 0.1) is 13.8 Å². The minimum atomic E-state index is -1.13. The fraction of sp³-hybridized carbons (Fsp3) is 0.467. The highest BCUT2D eigenvalue weighted by Gasteiger charge is 2.42. The molecular weight excluding hydrogens is 532 g/mol. The molecule has 2 atom stereocenters. The number of carbonyl (C=O) groups excluding carboxylic acids is 4. The molecule has 1 aliphatic carbocycles. The van der Waals surface area contributed by atoms with Crippen LogP contribution in [0.25, 0.3) is 0 Å². The molecule has 2 aromatic rings. The summed E-state index contributed by atoms with van der Waals surface area (Å²) >= 11 is 6.43. The van der Waals surface area contributed by atoms with Gasteiger partial charge in [-0.15, -0.1) is 0 Å². The number of primary amides is 1. The molecule has 0 bridgehead atoms. The normalized spacial score (nSPS) is 14.8. The lowest BCUT2D eigenvalue weighted by Gasteiger charge is -2.44. The summed E-state index contributed by atoms with van der Waals surface area (Å²) < 4.78 is 5.39. The molecule has 216 valence electrons.